The third-order valence-electron chi connectivity index (χ3n) is 4.39. The summed E-state index contributed by atoms with van der Waals surface area (Å²) in [6, 6.07) is 5.60. The number of aromatic nitrogens is 1. The van der Waals surface area contributed by atoms with E-state index in [2.05, 4.69) is 60.3 Å². The molecule has 2 bridgehead atoms. The minimum atomic E-state index is 0.604. The molecule has 0 amide bonds. The van der Waals surface area contributed by atoms with Crippen LogP contribution in [0.1, 0.15) is 12.8 Å². The molecule has 1 aromatic heterocycles. The summed E-state index contributed by atoms with van der Waals surface area (Å²) in [4.78, 5) is 11.6. The van der Waals surface area contributed by atoms with Gasteiger partial charge in [0.15, 0.2) is 5.82 Å². The van der Waals surface area contributed by atoms with Gasteiger partial charge < -0.3 is 20.0 Å². The maximum Gasteiger partial charge on any atom is 0.154 e. The Labute approximate surface area is 121 Å². The van der Waals surface area contributed by atoms with Gasteiger partial charge >= 0.3 is 0 Å². The van der Waals surface area contributed by atoms with Gasteiger partial charge in [-0.1, -0.05) is 0 Å². The summed E-state index contributed by atoms with van der Waals surface area (Å²) < 4.78 is 0. The van der Waals surface area contributed by atoms with Crippen LogP contribution in [0.4, 0.5) is 17.3 Å². The predicted octanol–water partition coefficient (Wildman–Crippen LogP) is 1.15. The predicted molar refractivity (Wildman–Crippen MR) is 85.0 cm³/mol. The largest absolute Gasteiger partial charge is 0.375 e. The number of piperazine rings is 1. The first-order valence-electron chi connectivity index (χ1n) is 7.42. The Balaban J connectivity index is 1.92. The number of hydrogen-bond acceptors (Lipinski definition) is 5. The fraction of sp³-hybridized carbons (Fsp3) is 0.667. The molecule has 3 aliphatic heterocycles. The third kappa shape index (κ3) is 2.30. The maximum absolute atomic E-state index is 4.92. The van der Waals surface area contributed by atoms with E-state index < -0.39 is 0 Å². The molecule has 4 rings (SSSR count). The topological polar surface area (TPSA) is 34.6 Å². The molecular weight excluding hydrogens is 250 g/mol. The lowest BCUT2D eigenvalue weighted by molar-refractivity contribution is 0.289. The Morgan fingerprint density at radius 3 is 2.45 bits per heavy atom. The summed E-state index contributed by atoms with van der Waals surface area (Å²) in [5.41, 5.74) is 1.17. The minimum absolute atomic E-state index is 0.604. The molecule has 2 atom stereocenters. The molecule has 0 aliphatic carbocycles. The fourth-order valence-electron chi connectivity index (χ4n) is 3.26. The van der Waals surface area contributed by atoms with Crippen molar-refractivity contribution in [1.82, 2.24) is 10.3 Å². The molecule has 5 nitrogen and oxygen atoms in total. The Kier molecular flexibility index (Phi) is 3.46. The summed E-state index contributed by atoms with van der Waals surface area (Å²) in [6.45, 7) is 2.19. The molecule has 0 saturated carbocycles. The van der Waals surface area contributed by atoms with Crippen LogP contribution in [0.5, 0.6) is 0 Å². The molecule has 0 aromatic carbocycles. The van der Waals surface area contributed by atoms with Crippen molar-refractivity contribution in [2.45, 2.75) is 24.9 Å². The molecule has 3 fully saturated rings. The molecule has 0 spiro atoms. The van der Waals surface area contributed by atoms with Gasteiger partial charge in [-0.25, -0.2) is 4.98 Å². The SMILES string of the molecule is CN(C)c1ccc(N2CC3CCC2CN3)nc1N(C)C. The van der Waals surface area contributed by atoms with Gasteiger partial charge in [-0.05, 0) is 25.0 Å². The Hall–Kier alpha value is -1.49. The highest BCUT2D eigenvalue weighted by atomic mass is 15.3. The highest BCUT2D eigenvalue weighted by Gasteiger charge is 2.34. The number of anilines is 3. The maximum atomic E-state index is 4.92. The number of nitrogens with one attached hydrogen (secondary N) is 1. The van der Waals surface area contributed by atoms with Gasteiger partial charge in [0.25, 0.3) is 0 Å². The summed E-state index contributed by atoms with van der Waals surface area (Å²) in [5, 5.41) is 3.60. The van der Waals surface area contributed by atoms with Crippen molar-refractivity contribution in [3.05, 3.63) is 12.1 Å². The molecule has 2 unspecified atom stereocenters. The number of pyridine rings is 1. The van der Waals surface area contributed by atoms with E-state index in [4.69, 9.17) is 4.98 Å². The molecule has 3 saturated heterocycles. The molecule has 3 aliphatic rings. The Morgan fingerprint density at radius 1 is 1.15 bits per heavy atom. The van der Waals surface area contributed by atoms with Crippen molar-refractivity contribution in [1.29, 1.82) is 0 Å². The minimum Gasteiger partial charge on any atom is -0.375 e. The van der Waals surface area contributed by atoms with E-state index in [0.717, 1.165) is 24.7 Å². The smallest absolute Gasteiger partial charge is 0.154 e. The van der Waals surface area contributed by atoms with Crippen LogP contribution in [0.3, 0.4) is 0 Å². The first kappa shape index (κ1) is 13.5. The lowest BCUT2D eigenvalue weighted by Gasteiger charge is -2.46. The lowest BCUT2D eigenvalue weighted by atomic mass is 9.93. The van der Waals surface area contributed by atoms with Crippen LogP contribution >= 0.6 is 0 Å². The van der Waals surface area contributed by atoms with Crippen LogP contribution < -0.4 is 20.0 Å². The van der Waals surface area contributed by atoms with Gasteiger partial charge in [-0.3, -0.25) is 0 Å². The molecule has 1 N–H and O–H groups in total. The zero-order chi connectivity index (χ0) is 14.3. The van der Waals surface area contributed by atoms with Gasteiger partial charge in [0, 0.05) is 53.4 Å². The molecule has 4 heterocycles. The van der Waals surface area contributed by atoms with E-state index in [1.807, 2.05) is 0 Å². The Bertz CT molecular complexity index is 477. The number of nitrogens with zero attached hydrogens (tertiary/aromatic N) is 4. The number of rotatable bonds is 3. The molecular formula is C15H25N5. The van der Waals surface area contributed by atoms with Crippen molar-refractivity contribution in [3.8, 4) is 0 Å². The Morgan fingerprint density at radius 2 is 1.95 bits per heavy atom. The van der Waals surface area contributed by atoms with Crippen LogP contribution in [0.2, 0.25) is 0 Å². The zero-order valence-electron chi connectivity index (χ0n) is 12.9. The summed E-state index contributed by atoms with van der Waals surface area (Å²) in [6.07, 6.45) is 2.59. The highest BCUT2D eigenvalue weighted by Crippen LogP contribution is 2.32. The van der Waals surface area contributed by atoms with E-state index in [0.29, 0.717) is 12.1 Å². The first-order chi connectivity index (χ1) is 9.56. The number of piperidine rings is 2. The van der Waals surface area contributed by atoms with Gasteiger partial charge in [0.2, 0.25) is 0 Å². The van der Waals surface area contributed by atoms with E-state index >= 15 is 0 Å². The van der Waals surface area contributed by atoms with E-state index in [1.165, 1.54) is 18.5 Å². The fourth-order valence-corrected chi connectivity index (χ4v) is 3.26. The van der Waals surface area contributed by atoms with Crippen molar-refractivity contribution in [3.63, 3.8) is 0 Å². The van der Waals surface area contributed by atoms with Crippen molar-refractivity contribution < 1.29 is 0 Å². The summed E-state index contributed by atoms with van der Waals surface area (Å²) in [5.74, 6) is 2.16. The second-order valence-corrected chi connectivity index (χ2v) is 6.29. The normalized spacial score (nSPS) is 24.9. The molecule has 0 radical (unpaired) electrons. The highest BCUT2D eigenvalue weighted by molar-refractivity contribution is 5.69. The van der Waals surface area contributed by atoms with Crippen LogP contribution in [-0.4, -0.2) is 58.3 Å². The summed E-state index contributed by atoms with van der Waals surface area (Å²) in [7, 11) is 8.25. The monoisotopic (exact) mass is 275 g/mol. The van der Waals surface area contributed by atoms with Crippen molar-refractivity contribution >= 4 is 17.3 Å². The van der Waals surface area contributed by atoms with E-state index in [-0.39, 0.29) is 0 Å². The average molecular weight is 275 g/mol. The van der Waals surface area contributed by atoms with Crippen LogP contribution in [0, 0.1) is 0 Å². The second kappa shape index (κ2) is 5.13. The van der Waals surface area contributed by atoms with Gasteiger partial charge in [0.1, 0.15) is 5.82 Å². The van der Waals surface area contributed by atoms with Crippen LogP contribution in [0.15, 0.2) is 12.1 Å². The third-order valence-corrected chi connectivity index (χ3v) is 4.39. The number of hydrogen-bond donors (Lipinski definition) is 1. The molecule has 110 valence electrons. The summed E-state index contributed by atoms with van der Waals surface area (Å²) >= 11 is 0. The molecule has 5 heteroatoms. The van der Waals surface area contributed by atoms with Gasteiger partial charge in [0.05, 0.1) is 5.69 Å². The van der Waals surface area contributed by atoms with Gasteiger partial charge in [-0.15, -0.1) is 0 Å². The lowest BCUT2D eigenvalue weighted by Crippen LogP contribution is -2.61. The standard InChI is InChI=1S/C15H25N5/c1-18(2)13-7-8-14(17-15(13)19(3)4)20-10-11-5-6-12(20)9-16-11/h7-8,11-12,16H,5-6,9-10H2,1-4H3. The van der Waals surface area contributed by atoms with E-state index in [9.17, 15) is 0 Å². The first-order valence-corrected chi connectivity index (χ1v) is 7.42. The van der Waals surface area contributed by atoms with E-state index in [1.54, 1.807) is 0 Å². The van der Waals surface area contributed by atoms with Crippen molar-refractivity contribution in [2.75, 3.05) is 56.0 Å². The number of fused-ring (bicyclic) bond motifs is 3. The van der Waals surface area contributed by atoms with Crippen molar-refractivity contribution in [2.24, 2.45) is 0 Å². The molecule has 20 heavy (non-hydrogen) atoms. The molecule has 1 aromatic rings. The van der Waals surface area contributed by atoms with Crippen LogP contribution in [-0.2, 0) is 0 Å². The van der Waals surface area contributed by atoms with Crippen LogP contribution in [0.25, 0.3) is 0 Å². The quantitative estimate of drug-likeness (QED) is 0.895. The average Bonchev–Trinajstić information content (AvgIpc) is 2.47. The zero-order valence-corrected chi connectivity index (χ0v) is 12.9. The second-order valence-electron chi connectivity index (χ2n) is 6.29. The van der Waals surface area contributed by atoms with Gasteiger partial charge in [-0.2, -0.15) is 0 Å².